The quantitative estimate of drug-likeness (QED) is 0.378. The zero-order valence-corrected chi connectivity index (χ0v) is 5.54. The molecule has 0 fully saturated rings. The van der Waals surface area contributed by atoms with E-state index in [4.69, 9.17) is 16.6 Å². The number of nitrogens with zero attached hydrogens (tertiary/aromatic N) is 1. The summed E-state index contributed by atoms with van der Waals surface area (Å²) in [5, 5.41) is 11.3. The van der Waals surface area contributed by atoms with E-state index in [0.29, 0.717) is 18.1 Å². The number of anilines is 2. The zero-order valence-electron chi connectivity index (χ0n) is 5.54. The first-order chi connectivity index (χ1) is 4.75. The van der Waals surface area contributed by atoms with Crippen molar-refractivity contribution in [1.29, 1.82) is 0 Å². The predicted octanol–water partition coefficient (Wildman–Crippen LogP) is -1.54. The van der Waals surface area contributed by atoms with Gasteiger partial charge < -0.3 is 10.8 Å². The van der Waals surface area contributed by atoms with Crippen LogP contribution in [0.3, 0.4) is 0 Å². The van der Waals surface area contributed by atoms with Gasteiger partial charge in [-0.25, -0.2) is 5.10 Å². The van der Waals surface area contributed by atoms with Gasteiger partial charge in [0.25, 0.3) is 0 Å². The molecular weight excluding hydrogens is 132 g/mol. The van der Waals surface area contributed by atoms with Crippen molar-refractivity contribution in [2.45, 2.75) is 6.54 Å². The molecule has 1 rings (SSSR count). The fraction of sp³-hybridized carbons (Fsp3) is 0.400. The zero-order chi connectivity index (χ0) is 7.56. The Morgan fingerprint density at radius 1 is 1.60 bits per heavy atom. The number of nitrogen functional groups attached to an aromatic ring is 2. The molecule has 0 unspecified atom stereocenters. The van der Waals surface area contributed by atoms with Crippen LogP contribution in [0, 0.1) is 0 Å². The molecule has 56 valence electrons. The average molecular weight is 143 g/mol. The summed E-state index contributed by atoms with van der Waals surface area (Å²) in [6.07, 6.45) is 1.59. The first-order valence-electron chi connectivity index (χ1n) is 2.98. The summed E-state index contributed by atoms with van der Waals surface area (Å²) in [6.45, 7) is 0.498. The molecule has 0 saturated heterocycles. The van der Waals surface area contributed by atoms with Crippen LogP contribution < -0.4 is 16.1 Å². The molecule has 0 aliphatic heterocycles. The lowest BCUT2D eigenvalue weighted by Crippen LogP contribution is -2.39. The summed E-state index contributed by atoms with van der Waals surface area (Å²) in [5.74, 6) is 0.467. The van der Waals surface area contributed by atoms with Crippen LogP contribution in [0.15, 0.2) is 6.20 Å². The topological polar surface area (TPSA) is 91.9 Å². The van der Waals surface area contributed by atoms with Crippen LogP contribution >= 0.6 is 0 Å². The Hall–Kier alpha value is -1.23. The monoisotopic (exact) mass is 143 g/mol. The number of aliphatic hydroxyl groups excluding tert-OH is 1. The highest BCUT2D eigenvalue weighted by atomic mass is 16.3. The fourth-order valence-corrected chi connectivity index (χ4v) is 0.732. The third kappa shape index (κ3) is 1.03. The number of aromatic amines is 1. The highest BCUT2D eigenvalue weighted by Gasteiger charge is 2.08. The summed E-state index contributed by atoms with van der Waals surface area (Å²) in [7, 11) is 0. The molecule has 0 spiro atoms. The fourth-order valence-electron chi connectivity index (χ4n) is 0.732. The largest absolute Gasteiger partial charge is 0.392 e. The van der Waals surface area contributed by atoms with E-state index in [1.54, 1.807) is 10.9 Å². The second kappa shape index (κ2) is 2.57. The molecule has 6 N–H and O–H groups in total. The summed E-state index contributed by atoms with van der Waals surface area (Å²) in [4.78, 5) is 0. The van der Waals surface area contributed by atoms with Crippen LogP contribution in [-0.4, -0.2) is 16.8 Å². The van der Waals surface area contributed by atoms with E-state index in [0.717, 1.165) is 0 Å². The van der Waals surface area contributed by atoms with E-state index >= 15 is 0 Å². The number of nitrogens with two attached hydrogens (primary N) is 2. The van der Waals surface area contributed by atoms with Gasteiger partial charge in [-0.1, -0.05) is 0 Å². The van der Waals surface area contributed by atoms with Crippen LogP contribution in [0.4, 0.5) is 11.5 Å². The normalized spacial score (nSPS) is 10.1. The van der Waals surface area contributed by atoms with Crippen LogP contribution in [0.2, 0.25) is 0 Å². The van der Waals surface area contributed by atoms with Crippen molar-refractivity contribution < 1.29 is 9.79 Å². The molecule has 1 heterocycles. The SMILES string of the molecule is Nc1c[nH][n+](CCO)c1N. The van der Waals surface area contributed by atoms with Crippen LogP contribution in [0.5, 0.6) is 0 Å². The van der Waals surface area contributed by atoms with Crippen LogP contribution in [-0.2, 0) is 6.54 Å². The van der Waals surface area contributed by atoms with Crippen molar-refractivity contribution in [3.8, 4) is 0 Å². The first-order valence-corrected chi connectivity index (χ1v) is 2.98. The molecule has 0 amide bonds. The molecule has 1 aromatic rings. The molecule has 0 aliphatic rings. The third-order valence-electron chi connectivity index (χ3n) is 1.29. The lowest BCUT2D eigenvalue weighted by Gasteiger charge is -1.91. The van der Waals surface area contributed by atoms with E-state index in [2.05, 4.69) is 5.10 Å². The first kappa shape index (κ1) is 6.88. The van der Waals surface area contributed by atoms with Gasteiger partial charge in [-0.2, -0.15) is 4.68 Å². The Kier molecular flexibility index (Phi) is 1.77. The minimum absolute atomic E-state index is 0.0504. The average Bonchev–Trinajstić information content (AvgIpc) is 2.20. The molecule has 0 radical (unpaired) electrons. The highest BCUT2D eigenvalue weighted by Crippen LogP contribution is 2.03. The summed E-state index contributed by atoms with van der Waals surface area (Å²) in [6, 6.07) is 0. The third-order valence-corrected chi connectivity index (χ3v) is 1.29. The number of H-pyrrole nitrogens is 1. The van der Waals surface area contributed by atoms with Gasteiger partial charge in [0, 0.05) is 0 Å². The summed E-state index contributed by atoms with van der Waals surface area (Å²) in [5.41, 5.74) is 11.4. The van der Waals surface area contributed by atoms with E-state index in [-0.39, 0.29) is 6.61 Å². The smallest absolute Gasteiger partial charge is 0.316 e. The Balaban J connectivity index is 2.83. The van der Waals surface area contributed by atoms with Gasteiger partial charge in [-0.3, -0.25) is 5.73 Å². The predicted molar refractivity (Wildman–Crippen MR) is 36.9 cm³/mol. The van der Waals surface area contributed by atoms with Gasteiger partial charge in [0.15, 0.2) is 0 Å². The van der Waals surface area contributed by atoms with Crippen LogP contribution in [0.25, 0.3) is 0 Å². The van der Waals surface area contributed by atoms with Gasteiger partial charge in [-0.05, 0) is 0 Å². The van der Waals surface area contributed by atoms with Gasteiger partial charge in [-0.15, -0.1) is 0 Å². The van der Waals surface area contributed by atoms with Crippen molar-refractivity contribution in [3.63, 3.8) is 0 Å². The van der Waals surface area contributed by atoms with Gasteiger partial charge in [0.1, 0.15) is 12.2 Å². The Morgan fingerprint density at radius 3 is 2.70 bits per heavy atom. The second-order valence-corrected chi connectivity index (χ2v) is 1.99. The standard InChI is InChI=1S/C5H10N4O/c6-4-3-8-9(1-2-10)5(4)7/h3,10H,1-2,6H2,(H2,7,8)/p+1. The molecule has 0 saturated carbocycles. The number of aliphatic hydroxyl groups is 1. The van der Waals surface area contributed by atoms with E-state index < -0.39 is 0 Å². The molecule has 0 aliphatic carbocycles. The Bertz CT molecular complexity index is 219. The molecule has 0 bridgehead atoms. The highest BCUT2D eigenvalue weighted by molar-refractivity contribution is 5.52. The molecular formula is C5H11N4O+. The van der Waals surface area contributed by atoms with E-state index in [1.807, 2.05) is 0 Å². The van der Waals surface area contributed by atoms with Crippen LogP contribution in [0.1, 0.15) is 0 Å². The minimum atomic E-state index is 0.0504. The Morgan fingerprint density at radius 2 is 2.30 bits per heavy atom. The minimum Gasteiger partial charge on any atom is -0.392 e. The van der Waals surface area contributed by atoms with E-state index in [1.165, 1.54) is 0 Å². The molecule has 5 nitrogen and oxygen atoms in total. The maximum atomic E-state index is 8.52. The van der Waals surface area contributed by atoms with Gasteiger partial charge in [0.2, 0.25) is 0 Å². The molecule has 1 aromatic heterocycles. The lowest BCUT2D eigenvalue weighted by atomic mass is 10.5. The van der Waals surface area contributed by atoms with Crippen molar-refractivity contribution in [2.24, 2.45) is 0 Å². The Labute approximate surface area is 58.2 Å². The van der Waals surface area contributed by atoms with Crippen molar-refractivity contribution >= 4 is 11.5 Å². The number of rotatable bonds is 2. The number of aromatic nitrogens is 2. The van der Waals surface area contributed by atoms with Gasteiger partial charge >= 0.3 is 5.82 Å². The second-order valence-electron chi connectivity index (χ2n) is 1.99. The van der Waals surface area contributed by atoms with Crippen molar-refractivity contribution in [3.05, 3.63) is 6.20 Å². The lowest BCUT2D eigenvalue weighted by molar-refractivity contribution is -0.737. The number of hydrogen-bond acceptors (Lipinski definition) is 3. The maximum Gasteiger partial charge on any atom is 0.316 e. The molecule has 5 heteroatoms. The number of nitrogens with one attached hydrogen (secondary N) is 1. The van der Waals surface area contributed by atoms with Gasteiger partial charge in [0.05, 0.1) is 12.8 Å². The molecule has 0 aromatic carbocycles. The number of hydrogen-bond donors (Lipinski definition) is 4. The van der Waals surface area contributed by atoms with E-state index in [9.17, 15) is 0 Å². The molecule has 10 heavy (non-hydrogen) atoms. The summed E-state index contributed by atoms with van der Waals surface area (Å²) >= 11 is 0. The van der Waals surface area contributed by atoms with Crippen molar-refractivity contribution in [1.82, 2.24) is 5.10 Å². The maximum absolute atomic E-state index is 8.52. The summed E-state index contributed by atoms with van der Waals surface area (Å²) < 4.78 is 1.58. The van der Waals surface area contributed by atoms with Crippen molar-refractivity contribution in [2.75, 3.05) is 18.1 Å². The molecule has 0 atom stereocenters.